The zero-order valence-corrected chi connectivity index (χ0v) is 18.1. The first-order chi connectivity index (χ1) is 15.0. The molecule has 2 bridgehead atoms. The number of hydrogen-bond donors (Lipinski definition) is 3. The number of phenolic OH excluding ortho intramolecular Hbond substituents is 1. The highest BCUT2D eigenvalue weighted by atomic mass is 16.5. The Balaban J connectivity index is 1.45. The summed E-state index contributed by atoms with van der Waals surface area (Å²) in [6, 6.07) is 4.20. The van der Waals surface area contributed by atoms with E-state index in [0.717, 1.165) is 50.3 Å². The van der Waals surface area contributed by atoms with E-state index in [4.69, 9.17) is 14.6 Å². The van der Waals surface area contributed by atoms with Crippen molar-refractivity contribution < 1.29 is 24.5 Å². The second-order valence-corrected chi connectivity index (χ2v) is 10.2. The van der Waals surface area contributed by atoms with Gasteiger partial charge >= 0.3 is 5.97 Å². The third-order valence-electron chi connectivity index (χ3n) is 8.83. The summed E-state index contributed by atoms with van der Waals surface area (Å²) >= 11 is 0. The number of rotatable bonds is 7. The maximum absolute atomic E-state index is 11.1. The molecule has 6 rings (SSSR count). The predicted molar refractivity (Wildman–Crippen MR) is 114 cm³/mol. The summed E-state index contributed by atoms with van der Waals surface area (Å²) < 4.78 is 13.1. The lowest BCUT2D eigenvalue weighted by atomic mass is 9.48. The number of nitrogens with zero attached hydrogens (tertiary/aromatic N) is 1. The number of carboxylic acids is 1. The molecular weight excluding hydrogens is 396 g/mol. The number of hydrogen-bond acceptors (Lipinski definition) is 6. The third-order valence-corrected chi connectivity index (χ3v) is 8.83. The van der Waals surface area contributed by atoms with E-state index in [9.17, 15) is 9.90 Å². The molecule has 3 N–H and O–H groups in total. The number of carbonyl (C=O) groups is 1. The van der Waals surface area contributed by atoms with Gasteiger partial charge in [0.2, 0.25) is 0 Å². The molecule has 0 radical (unpaired) electrons. The van der Waals surface area contributed by atoms with E-state index in [0.29, 0.717) is 18.3 Å². The molecule has 1 aromatic rings. The molecule has 2 aliphatic heterocycles. The fourth-order valence-corrected chi connectivity index (χ4v) is 7.44. The van der Waals surface area contributed by atoms with Crippen molar-refractivity contribution in [1.82, 2.24) is 10.2 Å². The van der Waals surface area contributed by atoms with Gasteiger partial charge in [-0.25, -0.2) is 0 Å². The van der Waals surface area contributed by atoms with Gasteiger partial charge in [-0.15, -0.1) is 0 Å². The number of aliphatic carboxylic acids is 1. The molecule has 2 saturated carbocycles. The second-order valence-electron chi connectivity index (χ2n) is 10.2. The van der Waals surface area contributed by atoms with Crippen LogP contribution in [0.15, 0.2) is 12.1 Å². The molecule has 7 heteroatoms. The van der Waals surface area contributed by atoms with Crippen LogP contribution in [0.1, 0.15) is 49.7 Å². The fraction of sp³-hybridized carbons (Fsp3) is 0.708. The lowest BCUT2D eigenvalue weighted by molar-refractivity contribution is -0.207. The summed E-state index contributed by atoms with van der Waals surface area (Å²) in [5.74, 6) is 0.861. The van der Waals surface area contributed by atoms with E-state index in [1.54, 1.807) is 6.07 Å². The minimum Gasteiger partial charge on any atom is -0.504 e. The van der Waals surface area contributed by atoms with Crippen molar-refractivity contribution >= 4 is 5.97 Å². The molecule has 168 valence electrons. The SMILES string of the molecule is CO[C@@]12CCC(NCCC(=O)O)C3Oc4c(O)ccc5c4[C@@]31CCN(CC1CC1)[C@@H]2C5. The number of aromatic hydroxyl groups is 1. The zero-order valence-electron chi connectivity index (χ0n) is 18.1. The number of ether oxygens (including phenoxy) is 2. The molecule has 3 fully saturated rings. The van der Waals surface area contributed by atoms with Gasteiger partial charge < -0.3 is 25.0 Å². The molecule has 3 aliphatic carbocycles. The molecule has 1 saturated heterocycles. The largest absolute Gasteiger partial charge is 0.504 e. The van der Waals surface area contributed by atoms with E-state index in [1.165, 1.54) is 18.4 Å². The number of nitrogens with one attached hydrogen (secondary N) is 1. The summed E-state index contributed by atoms with van der Waals surface area (Å²) in [5.41, 5.74) is 1.78. The lowest BCUT2D eigenvalue weighted by Gasteiger charge is -2.65. The average Bonchev–Trinajstić information content (AvgIpc) is 3.49. The smallest absolute Gasteiger partial charge is 0.304 e. The van der Waals surface area contributed by atoms with Crippen LogP contribution in [0.5, 0.6) is 11.5 Å². The van der Waals surface area contributed by atoms with E-state index in [-0.39, 0.29) is 35.3 Å². The van der Waals surface area contributed by atoms with Crippen molar-refractivity contribution in [2.24, 2.45) is 5.92 Å². The summed E-state index contributed by atoms with van der Waals surface area (Å²) in [6.07, 6.45) is 6.25. The van der Waals surface area contributed by atoms with Crippen LogP contribution in [-0.4, -0.2) is 71.6 Å². The first-order valence-corrected chi connectivity index (χ1v) is 11.8. The maximum atomic E-state index is 11.1. The van der Waals surface area contributed by atoms with Crippen molar-refractivity contribution in [3.63, 3.8) is 0 Å². The lowest BCUT2D eigenvalue weighted by Crippen LogP contribution is -2.78. The Morgan fingerprint density at radius 3 is 2.90 bits per heavy atom. The molecule has 2 heterocycles. The van der Waals surface area contributed by atoms with Crippen molar-refractivity contribution in [2.45, 2.75) is 74.1 Å². The minimum atomic E-state index is -0.797. The van der Waals surface area contributed by atoms with Crippen molar-refractivity contribution in [1.29, 1.82) is 0 Å². The topological polar surface area (TPSA) is 91.3 Å². The van der Waals surface area contributed by atoms with Gasteiger partial charge in [-0.3, -0.25) is 9.69 Å². The molecule has 0 aromatic heterocycles. The Bertz CT molecular complexity index is 917. The van der Waals surface area contributed by atoms with Gasteiger partial charge in [0.05, 0.1) is 17.4 Å². The van der Waals surface area contributed by atoms with Gasteiger partial charge in [0, 0.05) is 37.8 Å². The molecule has 0 amide bonds. The molecule has 31 heavy (non-hydrogen) atoms. The molecular formula is C24H32N2O5. The van der Waals surface area contributed by atoms with Crippen molar-refractivity contribution in [2.75, 3.05) is 26.7 Å². The van der Waals surface area contributed by atoms with Crippen LogP contribution >= 0.6 is 0 Å². The van der Waals surface area contributed by atoms with Gasteiger partial charge in [0.25, 0.3) is 0 Å². The van der Waals surface area contributed by atoms with Crippen LogP contribution < -0.4 is 10.1 Å². The van der Waals surface area contributed by atoms with E-state index >= 15 is 0 Å². The standard InChI is InChI=1S/C24H32N2O5/c1-30-24-8-6-16(25-10-7-19(28)29)22-23(24)9-11-26(13-14-2-3-14)18(24)12-15-4-5-17(27)21(31-22)20(15)23/h4-5,14,16,18,22,25,27H,2-3,6-13H2,1H3,(H,28,29)/t16?,18-,22?,23+,24-/m1/s1. The molecule has 1 aromatic carbocycles. The number of benzene rings is 1. The molecule has 5 atom stereocenters. The molecule has 2 unspecified atom stereocenters. The Morgan fingerprint density at radius 1 is 1.32 bits per heavy atom. The van der Waals surface area contributed by atoms with Gasteiger partial charge in [-0.05, 0) is 62.6 Å². The van der Waals surface area contributed by atoms with Crippen LogP contribution in [0.3, 0.4) is 0 Å². The second kappa shape index (κ2) is 6.83. The first-order valence-electron chi connectivity index (χ1n) is 11.8. The van der Waals surface area contributed by atoms with Crippen LogP contribution in [0.4, 0.5) is 0 Å². The normalized spacial score (nSPS) is 37.9. The Morgan fingerprint density at radius 2 is 2.16 bits per heavy atom. The quantitative estimate of drug-likeness (QED) is 0.612. The summed E-state index contributed by atoms with van der Waals surface area (Å²) in [6.45, 7) is 2.59. The summed E-state index contributed by atoms with van der Waals surface area (Å²) in [7, 11) is 1.86. The van der Waals surface area contributed by atoms with Gasteiger partial charge in [0.15, 0.2) is 11.5 Å². The Hall–Kier alpha value is -1.83. The van der Waals surface area contributed by atoms with Crippen LogP contribution in [0.2, 0.25) is 0 Å². The predicted octanol–water partition coefficient (Wildman–Crippen LogP) is 2.04. The number of likely N-dealkylation sites (tertiary alicyclic amines) is 1. The van der Waals surface area contributed by atoms with Crippen molar-refractivity contribution in [3.8, 4) is 11.5 Å². The summed E-state index contributed by atoms with van der Waals surface area (Å²) in [4.78, 5) is 13.7. The Labute approximate surface area is 182 Å². The van der Waals surface area contributed by atoms with Gasteiger partial charge in [0.1, 0.15) is 6.10 Å². The molecule has 5 aliphatic rings. The number of carboxylic acid groups (broad SMARTS) is 1. The number of methoxy groups -OCH3 is 1. The van der Waals surface area contributed by atoms with Gasteiger partial charge in [-0.2, -0.15) is 0 Å². The number of phenols is 1. The highest BCUT2D eigenvalue weighted by Gasteiger charge is 2.73. The fourth-order valence-electron chi connectivity index (χ4n) is 7.44. The van der Waals surface area contributed by atoms with Crippen molar-refractivity contribution in [3.05, 3.63) is 23.3 Å². The van der Waals surface area contributed by atoms with Crippen LogP contribution in [-0.2, 0) is 21.4 Å². The highest BCUT2D eigenvalue weighted by Crippen LogP contribution is 2.66. The third kappa shape index (κ3) is 2.60. The van der Waals surface area contributed by atoms with Crippen LogP contribution in [0, 0.1) is 5.92 Å². The zero-order chi connectivity index (χ0) is 21.4. The Kier molecular flexibility index (Phi) is 4.37. The average molecular weight is 429 g/mol. The highest BCUT2D eigenvalue weighted by molar-refractivity contribution is 5.67. The van der Waals surface area contributed by atoms with Crippen LogP contribution in [0.25, 0.3) is 0 Å². The van der Waals surface area contributed by atoms with Gasteiger partial charge in [-0.1, -0.05) is 6.07 Å². The monoisotopic (exact) mass is 428 g/mol. The molecule has 7 nitrogen and oxygen atoms in total. The first kappa shape index (κ1) is 19.8. The van der Waals surface area contributed by atoms with E-state index in [2.05, 4.69) is 16.3 Å². The minimum absolute atomic E-state index is 0.0380. The summed E-state index contributed by atoms with van der Waals surface area (Å²) in [5, 5.41) is 23.3. The van der Waals surface area contributed by atoms with E-state index in [1.807, 2.05) is 7.11 Å². The number of piperidine rings is 1. The van der Waals surface area contributed by atoms with E-state index < -0.39 is 5.97 Å². The maximum Gasteiger partial charge on any atom is 0.304 e. The molecule has 1 spiro atoms.